The van der Waals surface area contributed by atoms with Gasteiger partial charge in [-0.25, -0.2) is 0 Å². The molecule has 1 aromatic carbocycles. The lowest BCUT2D eigenvalue weighted by atomic mass is 9.92. The molecule has 0 aliphatic carbocycles. The molecule has 29 heavy (non-hydrogen) atoms. The van der Waals surface area contributed by atoms with Crippen molar-refractivity contribution in [2.45, 2.75) is 39.3 Å². The number of para-hydroxylation sites is 1. The van der Waals surface area contributed by atoms with E-state index in [9.17, 15) is 0 Å². The van der Waals surface area contributed by atoms with Crippen LogP contribution < -0.4 is 10.6 Å². The van der Waals surface area contributed by atoms with Gasteiger partial charge >= 0.3 is 0 Å². The van der Waals surface area contributed by atoms with Gasteiger partial charge in [0, 0.05) is 50.9 Å². The average Bonchev–Trinajstić information content (AvgIpc) is 2.79. The van der Waals surface area contributed by atoms with Crippen LogP contribution in [0.2, 0.25) is 0 Å². The Morgan fingerprint density at radius 2 is 1.90 bits per heavy atom. The molecule has 2 N–H and O–H groups in total. The van der Waals surface area contributed by atoms with Gasteiger partial charge in [0.25, 0.3) is 0 Å². The lowest BCUT2D eigenvalue weighted by molar-refractivity contribution is 0.00272. The Morgan fingerprint density at radius 1 is 1.14 bits per heavy atom. The average molecular weight is 398 g/mol. The van der Waals surface area contributed by atoms with E-state index in [0.29, 0.717) is 18.5 Å². The topological polar surface area (TPSA) is 61.8 Å². The van der Waals surface area contributed by atoms with Crippen molar-refractivity contribution in [2.75, 3.05) is 39.9 Å². The number of nitrogens with one attached hydrogen (secondary N) is 2. The van der Waals surface area contributed by atoms with Crippen LogP contribution in [0.1, 0.15) is 32.3 Å². The molecule has 2 heterocycles. The van der Waals surface area contributed by atoms with E-state index in [4.69, 9.17) is 4.74 Å². The molecule has 1 atom stereocenters. The minimum Gasteiger partial charge on any atom is -0.379 e. The lowest BCUT2D eigenvalue weighted by Crippen LogP contribution is -2.53. The molecule has 0 bridgehead atoms. The van der Waals surface area contributed by atoms with Gasteiger partial charge in [-0.3, -0.25) is 14.9 Å². The number of aromatic nitrogens is 1. The van der Waals surface area contributed by atoms with Crippen molar-refractivity contribution in [2.24, 2.45) is 10.9 Å². The number of ether oxygens (including phenoxy) is 1. The molecule has 158 valence electrons. The summed E-state index contributed by atoms with van der Waals surface area (Å²) in [6.45, 7) is 9.86. The summed E-state index contributed by atoms with van der Waals surface area (Å²) in [7, 11) is 1.83. The SMILES string of the molecule is CCC(CC)C(CNC(=NC)NCc1cccc2cccnc12)N1CCOCC1. The van der Waals surface area contributed by atoms with Crippen LogP contribution in [0.25, 0.3) is 10.9 Å². The second-order valence-electron chi connectivity index (χ2n) is 7.59. The molecule has 0 radical (unpaired) electrons. The molecule has 0 saturated carbocycles. The molecule has 1 aliphatic heterocycles. The van der Waals surface area contributed by atoms with Crippen LogP contribution in [0, 0.1) is 5.92 Å². The fourth-order valence-corrected chi connectivity index (χ4v) is 4.25. The van der Waals surface area contributed by atoms with Crippen molar-refractivity contribution in [3.8, 4) is 0 Å². The highest BCUT2D eigenvalue weighted by molar-refractivity contribution is 5.83. The van der Waals surface area contributed by atoms with E-state index in [2.05, 4.69) is 63.6 Å². The van der Waals surface area contributed by atoms with Crippen LogP contribution in [0.5, 0.6) is 0 Å². The molecular weight excluding hydrogens is 362 g/mol. The van der Waals surface area contributed by atoms with Crippen molar-refractivity contribution >= 4 is 16.9 Å². The van der Waals surface area contributed by atoms with E-state index >= 15 is 0 Å². The van der Waals surface area contributed by atoms with Gasteiger partial charge in [-0.15, -0.1) is 0 Å². The van der Waals surface area contributed by atoms with E-state index in [0.717, 1.165) is 49.7 Å². The third-order valence-electron chi connectivity index (χ3n) is 5.97. The molecule has 6 nitrogen and oxygen atoms in total. The van der Waals surface area contributed by atoms with E-state index < -0.39 is 0 Å². The third kappa shape index (κ3) is 5.67. The van der Waals surface area contributed by atoms with Gasteiger partial charge in [-0.05, 0) is 17.5 Å². The van der Waals surface area contributed by atoms with E-state index in [1.54, 1.807) is 0 Å². The predicted octanol–water partition coefficient (Wildman–Crippen LogP) is 3.04. The van der Waals surface area contributed by atoms with Crippen molar-refractivity contribution in [1.82, 2.24) is 20.5 Å². The Kier molecular flexibility index (Phi) is 8.25. The molecular formula is C23H35N5O. The van der Waals surface area contributed by atoms with Crippen molar-refractivity contribution in [3.05, 3.63) is 42.1 Å². The molecule has 6 heteroatoms. The first-order valence-electron chi connectivity index (χ1n) is 10.9. The maximum Gasteiger partial charge on any atom is 0.191 e. The zero-order valence-electron chi connectivity index (χ0n) is 18.0. The first kappa shape index (κ1) is 21.5. The summed E-state index contributed by atoms with van der Waals surface area (Å²) in [6.07, 6.45) is 4.23. The van der Waals surface area contributed by atoms with Gasteiger partial charge in [-0.1, -0.05) is 51.0 Å². The summed E-state index contributed by atoms with van der Waals surface area (Å²) >= 11 is 0. The fourth-order valence-electron chi connectivity index (χ4n) is 4.25. The number of fused-ring (bicyclic) bond motifs is 1. The second kappa shape index (κ2) is 11.1. The van der Waals surface area contributed by atoms with Gasteiger partial charge in [0.2, 0.25) is 0 Å². The summed E-state index contributed by atoms with van der Waals surface area (Å²) in [5.74, 6) is 1.50. The molecule has 1 saturated heterocycles. The summed E-state index contributed by atoms with van der Waals surface area (Å²) in [6, 6.07) is 10.9. The van der Waals surface area contributed by atoms with Crippen LogP contribution in [0.4, 0.5) is 0 Å². The number of morpholine rings is 1. The second-order valence-corrected chi connectivity index (χ2v) is 7.59. The van der Waals surface area contributed by atoms with Gasteiger partial charge in [0.05, 0.1) is 18.7 Å². The summed E-state index contributed by atoms with van der Waals surface area (Å²) in [5.41, 5.74) is 2.22. The number of rotatable bonds is 8. The van der Waals surface area contributed by atoms with Crippen molar-refractivity contribution in [1.29, 1.82) is 0 Å². The van der Waals surface area contributed by atoms with Gasteiger partial charge in [0.15, 0.2) is 5.96 Å². The summed E-state index contributed by atoms with van der Waals surface area (Å²) < 4.78 is 5.56. The largest absolute Gasteiger partial charge is 0.379 e. The molecule has 0 amide bonds. The lowest BCUT2D eigenvalue weighted by Gasteiger charge is -2.39. The highest BCUT2D eigenvalue weighted by Gasteiger charge is 2.27. The van der Waals surface area contributed by atoms with Gasteiger partial charge in [-0.2, -0.15) is 0 Å². The maximum absolute atomic E-state index is 5.56. The van der Waals surface area contributed by atoms with Crippen LogP contribution in [0.15, 0.2) is 41.5 Å². The minimum absolute atomic E-state index is 0.492. The fraction of sp³-hybridized carbons (Fsp3) is 0.565. The van der Waals surface area contributed by atoms with Crippen LogP contribution in [0.3, 0.4) is 0 Å². The summed E-state index contributed by atoms with van der Waals surface area (Å²) in [4.78, 5) is 11.6. The van der Waals surface area contributed by atoms with E-state index in [-0.39, 0.29) is 0 Å². The van der Waals surface area contributed by atoms with Crippen LogP contribution in [-0.4, -0.2) is 61.8 Å². The summed E-state index contributed by atoms with van der Waals surface area (Å²) in [5, 5.41) is 8.20. The number of guanidine groups is 1. The van der Waals surface area contributed by atoms with E-state index in [1.165, 1.54) is 18.4 Å². The third-order valence-corrected chi connectivity index (χ3v) is 5.97. The normalized spacial score (nSPS) is 16.9. The number of hydrogen-bond donors (Lipinski definition) is 2. The number of nitrogens with zero attached hydrogens (tertiary/aromatic N) is 3. The van der Waals surface area contributed by atoms with Crippen molar-refractivity contribution < 1.29 is 4.74 Å². The quantitative estimate of drug-likeness (QED) is 0.530. The highest BCUT2D eigenvalue weighted by Crippen LogP contribution is 2.20. The monoisotopic (exact) mass is 397 g/mol. The Bertz CT molecular complexity index is 778. The molecule has 1 fully saturated rings. The Morgan fingerprint density at radius 3 is 2.62 bits per heavy atom. The molecule has 0 spiro atoms. The van der Waals surface area contributed by atoms with Crippen LogP contribution >= 0.6 is 0 Å². The Hall–Kier alpha value is -2.18. The highest BCUT2D eigenvalue weighted by atomic mass is 16.5. The maximum atomic E-state index is 5.56. The van der Waals surface area contributed by atoms with E-state index in [1.807, 2.05) is 19.3 Å². The van der Waals surface area contributed by atoms with Gasteiger partial charge in [0.1, 0.15) is 0 Å². The number of hydrogen-bond acceptors (Lipinski definition) is 4. The molecule has 1 unspecified atom stereocenters. The Balaban J connectivity index is 1.62. The van der Waals surface area contributed by atoms with Crippen molar-refractivity contribution in [3.63, 3.8) is 0 Å². The number of pyridine rings is 1. The molecule has 1 aliphatic rings. The number of aliphatic imine (C=N–C) groups is 1. The minimum atomic E-state index is 0.492. The van der Waals surface area contributed by atoms with Crippen LogP contribution in [-0.2, 0) is 11.3 Å². The van der Waals surface area contributed by atoms with Gasteiger partial charge < -0.3 is 15.4 Å². The molecule has 2 aromatic rings. The first-order chi connectivity index (χ1) is 14.3. The molecule has 1 aromatic heterocycles. The predicted molar refractivity (Wildman–Crippen MR) is 120 cm³/mol. The number of benzene rings is 1. The zero-order chi connectivity index (χ0) is 20.5. The zero-order valence-corrected chi connectivity index (χ0v) is 18.0. The molecule has 3 rings (SSSR count). The first-order valence-corrected chi connectivity index (χ1v) is 10.9. The smallest absolute Gasteiger partial charge is 0.191 e. The standard InChI is InChI=1S/C23H35N5O/c1-4-18(5-2)21(28-12-14-29-15-13-28)17-27-23(24-3)26-16-20-9-6-8-19-10-7-11-25-22(19)20/h6-11,18,21H,4-5,12-17H2,1-3H3,(H2,24,26,27). The Labute approximate surface area is 174 Å².